The van der Waals surface area contributed by atoms with E-state index < -0.39 is 17.4 Å². The summed E-state index contributed by atoms with van der Waals surface area (Å²) in [6.45, 7) is 5.84. The predicted molar refractivity (Wildman–Crippen MR) is 63.4 cm³/mol. The summed E-state index contributed by atoms with van der Waals surface area (Å²) in [7, 11) is 1.98. The summed E-state index contributed by atoms with van der Waals surface area (Å²) in [5.41, 5.74) is -0.765. The van der Waals surface area contributed by atoms with Crippen molar-refractivity contribution in [1.82, 2.24) is 15.1 Å². The number of amides is 2. The van der Waals surface area contributed by atoms with Crippen molar-refractivity contribution in [2.24, 2.45) is 0 Å². The van der Waals surface area contributed by atoms with E-state index in [0.717, 1.165) is 13.1 Å². The highest BCUT2D eigenvalue weighted by atomic mass is 16.3. The molecule has 1 rings (SSSR count). The number of nitrogens with zero attached hydrogens (tertiary/aromatic N) is 2. The first-order valence-corrected chi connectivity index (χ1v) is 5.76. The molecule has 0 aromatic heterocycles. The van der Waals surface area contributed by atoms with Gasteiger partial charge in [0.05, 0.1) is 12.1 Å². The Bertz CT molecular complexity index is 296. The molecule has 1 fully saturated rings. The number of rotatable bonds is 2. The number of hydrogen-bond donors (Lipinski definition) is 2. The lowest BCUT2D eigenvalue weighted by Gasteiger charge is -2.32. The topological polar surface area (TPSA) is 72.9 Å². The van der Waals surface area contributed by atoms with Gasteiger partial charge in [0.1, 0.15) is 0 Å². The van der Waals surface area contributed by atoms with Gasteiger partial charge in [-0.25, -0.2) is 0 Å². The lowest BCUT2D eigenvalue weighted by atomic mass is 10.1. The molecule has 0 aromatic rings. The molecule has 1 aliphatic heterocycles. The number of aliphatic hydroxyl groups is 1. The van der Waals surface area contributed by atoms with Crippen LogP contribution in [0, 0.1) is 0 Å². The van der Waals surface area contributed by atoms with E-state index >= 15 is 0 Å². The Hall–Kier alpha value is -1.14. The maximum absolute atomic E-state index is 11.8. The van der Waals surface area contributed by atoms with Crippen molar-refractivity contribution >= 4 is 11.8 Å². The molecular weight excluding hydrogens is 222 g/mol. The van der Waals surface area contributed by atoms with Crippen molar-refractivity contribution in [3.05, 3.63) is 0 Å². The van der Waals surface area contributed by atoms with Crippen LogP contribution in [0.1, 0.15) is 13.8 Å². The second-order valence-electron chi connectivity index (χ2n) is 5.09. The second kappa shape index (κ2) is 5.46. The SMILES string of the molecule is CN1CCN(C(=O)C(=O)NC(C)(C)CO)CC1. The number of nitrogens with one attached hydrogen (secondary N) is 1. The van der Waals surface area contributed by atoms with Gasteiger partial charge in [0.2, 0.25) is 0 Å². The molecule has 2 amide bonds. The van der Waals surface area contributed by atoms with E-state index in [-0.39, 0.29) is 6.61 Å². The summed E-state index contributed by atoms with van der Waals surface area (Å²) >= 11 is 0. The Morgan fingerprint density at radius 3 is 2.24 bits per heavy atom. The molecule has 0 spiro atoms. The van der Waals surface area contributed by atoms with Crippen LogP contribution in [0.5, 0.6) is 0 Å². The molecule has 0 aromatic carbocycles. The van der Waals surface area contributed by atoms with E-state index in [2.05, 4.69) is 10.2 Å². The molecular formula is C11H21N3O3. The van der Waals surface area contributed by atoms with Crippen molar-refractivity contribution < 1.29 is 14.7 Å². The number of hydrogen-bond acceptors (Lipinski definition) is 4. The zero-order chi connectivity index (χ0) is 13.1. The van der Waals surface area contributed by atoms with E-state index in [4.69, 9.17) is 5.11 Å². The highest BCUT2D eigenvalue weighted by Gasteiger charge is 2.28. The van der Waals surface area contributed by atoms with Crippen molar-refractivity contribution in [3.63, 3.8) is 0 Å². The Kier molecular flexibility index (Phi) is 4.47. The summed E-state index contributed by atoms with van der Waals surface area (Å²) in [6.07, 6.45) is 0. The van der Waals surface area contributed by atoms with Crippen molar-refractivity contribution in [1.29, 1.82) is 0 Å². The Morgan fingerprint density at radius 2 is 1.76 bits per heavy atom. The van der Waals surface area contributed by atoms with Crippen LogP contribution in [0.4, 0.5) is 0 Å². The standard InChI is InChI=1S/C11H21N3O3/c1-11(2,8-15)12-9(16)10(17)14-6-4-13(3)5-7-14/h15H,4-8H2,1-3H3,(H,12,16). The van der Waals surface area contributed by atoms with Gasteiger partial charge in [-0.15, -0.1) is 0 Å². The zero-order valence-corrected chi connectivity index (χ0v) is 10.7. The van der Waals surface area contributed by atoms with Gasteiger partial charge in [0.25, 0.3) is 0 Å². The molecule has 6 nitrogen and oxygen atoms in total. The summed E-state index contributed by atoms with van der Waals surface area (Å²) in [5.74, 6) is -1.16. The first-order chi connectivity index (χ1) is 7.85. The number of carbonyl (C=O) groups is 2. The van der Waals surface area contributed by atoms with E-state index in [1.54, 1.807) is 18.7 Å². The molecule has 2 N–H and O–H groups in total. The molecule has 0 radical (unpaired) electrons. The van der Waals surface area contributed by atoms with Crippen LogP contribution < -0.4 is 5.32 Å². The molecule has 0 atom stereocenters. The largest absolute Gasteiger partial charge is 0.394 e. The van der Waals surface area contributed by atoms with Gasteiger partial charge in [-0.1, -0.05) is 0 Å². The summed E-state index contributed by atoms with van der Waals surface area (Å²) in [6, 6.07) is 0. The molecule has 1 aliphatic rings. The lowest BCUT2D eigenvalue weighted by Crippen LogP contribution is -2.55. The number of piperazine rings is 1. The first kappa shape index (κ1) is 13.9. The third kappa shape index (κ3) is 3.98. The summed E-state index contributed by atoms with van der Waals surface area (Å²) in [4.78, 5) is 27.1. The average molecular weight is 243 g/mol. The molecule has 0 bridgehead atoms. The first-order valence-electron chi connectivity index (χ1n) is 5.76. The van der Waals surface area contributed by atoms with Gasteiger partial charge < -0.3 is 20.2 Å². The van der Waals surface area contributed by atoms with Crippen molar-refractivity contribution in [2.75, 3.05) is 39.8 Å². The van der Waals surface area contributed by atoms with Crippen LogP contribution in [0.2, 0.25) is 0 Å². The molecule has 17 heavy (non-hydrogen) atoms. The second-order valence-corrected chi connectivity index (χ2v) is 5.09. The minimum atomic E-state index is -0.765. The van der Waals surface area contributed by atoms with Gasteiger partial charge in [-0.3, -0.25) is 9.59 Å². The molecule has 98 valence electrons. The van der Waals surface area contributed by atoms with Crippen LogP contribution in [-0.4, -0.2) is 72.1 Å². The van der Waals surface area contributed by atoms with Gasteiger partial charge in [0.15, 0.2) is 0 Å². The maximum atomic E-state index is 11.8. The monoisotopic (exact) mass is 243 g/mol. The van der Waals surface area contributed by atoms with E-state index in [1.165, 1.54) is 0 Å². The van der Waals surface area contributed by atoms with E-state index in [9.17, 15) is 9.59 Å². The molecule has 0 saturated carbocycles. The van der Waals surface area contributed by atoms with Crippen LogP contribution >= 0.6 is 0 Å². The fourth-order valence-corrected chi connectivity index (χ4v) is 1.55. The fraction of sp³-hybridized carbons (Fsp3) is 0.818. The molecule has 1 saturated heterocycles. The summed E-state index contributed by atoms with van der Waals surface area (Å²) < 4.78 is 0. The van der Waals surface area contributed by atoms with Crippen LogP contribution in [0.3, 0.4) is 0 Å². The Labute approximate surface area is 102 Å². The van der Waals surface area contributed by atoms with E-state index in [1.807, 2.05) is 7.05 Å². The summed E-state index contributed by atoms with van der Waals surface area (Å²) in [5, 5.41) is 11.5. The third-order valence-corrected chi connectivity index (χ3v) is 2.83. The Balaban J connectivity index is 2.50. The number of carbonyl (C=O) groups excluding carboxylic acids is 2. The lowest BCUT2D eigenvalue weighted by molar-refractivity contribution is -0.148. The number of likely N-dealkylation sites (N-methyl/N-ethyl adjacent to an activating group) is 1. The Morgan fingerprint density at radius 1 is 1.24 bits per heavy atom. The predicted octanol–water partition coefficient (Wildman–Crippen LogP) is -1.35. The van der Waals surface area contributed by atoms with Gasteiger partial charge in [-0.2, -0.15) is 0 Å². The highest BCUT2D eigenvalue weighted by molar-refractivity contribution is 6.35. The van der Waals surface area contributed by atoms with Crippen LogP contribution in [0.25, 0.3) is 0 Å². The fourth-order valence-electron chi connectivity index (χ4n) is 1.55. The van der Waals surface area contributed by atoms with Crippen LogP contribution in [0.15, 0.2) is 0 Å². The van der Waals surface area contributed by atoms with Crippen molar-refractivity contribution in [2.45, 2.75) is 19.4 Å². The average Bonchev–Trinajstić information content (AvgIpc) is 2.28. The minimum absolute atomic E-state index is 0.200. The smallest absolute Gasteiger partial charge is 0.311 e. The normalized spacial score (nSPS) is 18.0. The van der Waals surface area contributed by atoms with E-state index in [0.29, 0.717) is 13.1 Å². The highest BCUT2D eigenvalue weighted by Crippen LogP contribution is 2.03. The zero-order valence-electron chi connectivity index (χ0n) is 10.7. The number of aliphatic hydroxyl groups excluding tert-OH is 1. The van der Waals surface area contributed by atoms with Crippen molar-refractivity contribution in [3.8, 4) is 0 Å². The molecule has 1 heterocycles. The molecule has 0 aliphatic carbocycles. The third-order valence-electron chi connectivity index (χ3n) is 2.83. The van der Waals surface area contributed by atoms with Gasteiger partial charge in [-0.05, 0) is 20.9 Å². The minimum Gasteiger partial charge on any atom is -0.394 e. The maximum Gasteiger partial charge on any atom is 0.311 e. The van der Waals surface area contributed by atoms with Gasteiger partial charge >= 0.3 is 11.8 Å². The quantitative estimate of drug-likeness (QED) is 0.588. The van der Waals surface area contributed by atoms with Gasteiger partial charge in [0, 0.05) is 26.2 Å². The molecule has 0 unspecified atom stereocenters. The van der Waals surface area contributed by atoms with Crippen LogP contribution in [-0.2, 0) is 9.59 Å². The molecule has 6 heteroatoms.